The van der Waals surface area contributed by atoms with Gasteiger partial charge in [-0.1, -0.05) is 17.7 Å². The Morgan fingerprint density at radius 1 is 1.25 bits per heavy atom. The summed E-state index contributed by atoms with van der Waals surface area (Å²) in [6.45, 7) is 4.00. The SMILES string of the molecule is Cc1ccc(F)c([C@@H](CC(F)(F)F)N2CCNCC2)c1. The van der Waals surface area contributed by atoms with E-state index in [1.54, 1.807) is 17.9 Å². The van der Waals surface area contributed by atoms with E-state index < -0.39 is 24.5 Å². The second-order valence-electron chi connectivity index (χ2n) is 5.15. The van der Waals surface area contributed by atoms with Crippen molar-refractivity contribution in [2.75, 3.05) is 26.2 Å². The molecule has 0 saturated carbocycles. The van der Waals surface area contributed by atoms with E-state index in [0.717, 1.165) is 5.56 Å². The number of hydrogen-bond acceptors (Lipinski definition) is 2. The maximum atomic E-state index is 13.9. The number of hydrogen-bond donors (Lipinski definition) is 1. The molecule has 0 amide bonds. The van der Waals surface area contributed by atoms with Crippen LogP contribution in [0.4, 0.5) is 17.6 Å². The Morgan fingerprint density at radius 3 is 2.50 bits per heavy atom. The fourth-order valence-corrected chi connectivity index (χ4v) is 2.57. The minimum atomic E-state index is -4.31. The first kappa shape index (κ1) is 15.3. The number of nitrogens with one attached hydrogen (secondary N) is 1. The Labute approximate surface area is 115 Å². The fraction of sp³-hybridized carbons (Fsp3) is 0.571. The standard InChI is InChI=1S/C14H18F4N2/c1-10-2-3-12(15)11(8-10)13(9-14(16,17)18)20-6-4-19-5-7-20/h2-3,8,13,19H,4-7,9H2,1H3/t13-/m1/s1. The van der Waals surface area contributed by atoms with Crippen LogP contribution in [-0.4, -0.2) is 37.3 Å². The predicted molar refractivity (Wildman–Crippen MR) is 69.0 cm³/mol. The summed E-state index contributed by atoms with van der Waals surface area (Å²) in [5.41, 5.74) is 0.910. The molecule has 0 bridgehead atoms. The summed E-state index contributed by atoms with van der Waals surface area (Å²) in [7, 11) is 0. The molecule has 1 aliphatic rings. The Hall–Kier alpha value is -1.14. The number of aryl methyl sites for hydroxylation is 1. The quantitative estimate of drug-likeness (QED) is 0.861. The normalized spacial score (nSPS) is 19.1. The van der Waals surface area contributed by atoms with Crippen LogP contribution in [0.25, 0.3) is 0 Å². The molecule has 6 heteroatoms. The summed E-state index contributed by atoms with van der Waals surface area (Å²) in [4.78, 5) is 1.71. The predicted octanol–water partition coefficient (Wildman–Crippen LogP) is 3.03. The molecule has 1 fully saturated rings. The van der Waals surface area contributed by atoms with Gasteiger partial charge in [-0.25, -0.2) is 4.39 Å². The Bertz CT molecular complexity index is 453. The molecule has 2 rings (SSSR count). The zero-order valence-corrected chi connectivity index (χ0v) is 11.3. The van der Waals surface area contributed by atoms with Crippen LogP contribution in [0.1, 0.15) is 23.6 Å². The highest BCUT2D eigenvalue weighted by Gasteiger charge is 2.37. The summed E-state index contributed by atoms with van der Waals surface area (Å²) < 4.78 is 52.4. The molecule has 0 aliphatic carbocycles. The van der Waals surface area contributed by atoms with E-state index in [1.807, 2.05) is 0 Å². The Morgan fingerprint density at radius 2 is 1.90 bits per heavy atom. The highest BCUT2D eigenvalue weighted by Crippen LogP contribution is 2.35. The van der Waals surface area contributed by atoms with Crippen LogP contribution in [0.15, 0.2) is 18.2 Å². The lowest BCUT2D eigenvalue weighted by molar-refractivity contribution is -0.149. The van der Waals surface area contributed by atoms with Gasteiger partial charge in [0.2, 0.25) is 0 Å². The van der Waals surface area contributed by atoms with Gasteiger partial charge in [0.1, 0.15) is 5.82 Å². The lowest BCUT2D eigenvalue weighted by atomic mass is 9.98. The molecular formula is C14H18F4N2. The number of halogens is 4. The van der Waals surface area contributed by atoms with Crippen LogP contribution in [0.2, 0.25) is 0 Å². The second-order valence-corrected chi connectivity index (χ2v) is 5.15. The third kappa shape index (κ3) is 3.93. The molecule has 20 heavy (non-hydrogen) atoms. The van der Waals surface area contributed by atoms with Gasteiger partial charge in [-0.2, -0.15) is 13.2 Å². The number of benzene rings is 1. The Balaban J connectivity index is 2.31. The molecule has 1 N–H and O–H groups in total. The lowest BCUT2D eigenvalue weighted by Crippen LogP contribution is -2.46. The molecule has 1 aromatic rings. The number of nitrogens with zero attached hydrogens (tertiary/aromatic N) is 1. The second kappa shape index (κ2) is 6.10. The van der Waals surface area contributed by atoms with Crippen LogP contribution in [0.3, 0.4) is 0 Å². The van der Waals surface area contributed by atoms with E-state index in [4.69, 9.17) is 0 Å². The van der Waals surface area contributed by atoms with Crippen LogP contribution in [-0.2, 0) is 0 Å². The maximum Gasteiger partial charge on any atom is 0.390 e. The molecule has 2 nitrogen and oxygen atoms in total. The van der Waals surface area contributed by atoms with Crippen molar-refractivity contribution < 1.29 is 17.6 Å². The smallest absolute Gasteiger partial charge is 0.314 e. The monoisotopic (exact) mass is 290 g/mol. The van der Waals surface area contributed by atoms with Gasteiger partial charge in [0.15, 0.2) is 0 Å². The first-order valence-electron chi connectivity index (χ1n) is 6.64. The summed E-state index contributed by atoms with van der Waals surface area (Å²) in [5.74, 6) is -0.566. The largest absolute Gasteiger partial charge is 0.390 e. The minimum absolute atomic E-state index is 0.143. The molecule has 1 heterocycles. The average molecular weight is 290 g/mol. The van der Waals surface area contributed by atoms with Gasteiger partial charge in [0, 0.05) is 37.8 Å². The van der Waals surface area contributed by atoms with Crippen molar-refractivity contribution in [1.82, 2.24) is 10.2 Å². The van der Waals surface area contributed by atoms with Gasteiger partial charge in [0.05, 0.1) is 6.42 Å². The third-order valence-electron chi connectivity index (χ3n) is 3.53. The Kier molecular flexibility index (Phi) is 4.65. The minimum Gasteiger partial charge on any atom is -0.314 e. The zero-order chi connectivity index (χ0) is 14.8. The molecule has 0 spiro atoms. The lowest BCUT2D eigenvalue weighted by Gasteiger charge is -2.35. The third-order valence-corrected chi connectivity index (χ3v) is 3.53. The van der Waals surface area contributed by atoms with Crippen molar-refractivity contribution in [2.45, 2.75) is 25.6 Å². The van der Waals surface area contributed by atoms with Gasteiger partial charge in [-0.05, 0) is 13.0 Å². The molecule has 1 saturated heterocycles. The molecule has 0 radical (unpaired) electrons. The maximum absolute atomic E-state index is 13.9. The first-order chi connectivity index (χ1) is 9.37. The molecular weight excluding hydrogens is 272 g/mol. The topological polar surface area (TPSA) is 15.3 Å². The van der Waals surface area contributed by atoms with E-state index in [1.165, 1.54) is 12.1 Å². The highest BCUT2D eigenvalue weighted by atomic mass is 19.4. The van der Waals surface area contributed by atoms with Crippen molar-refractivity contribution in [2.24, 2.45) is 0 Å². The van der Waals surface area contributed by atoms with E-state index in [2.05, 4.69) is 5.32 Å². The van der Waals surface area contributed by atoms with Crippen molar-refractivity contribution >= 4 is 0 Å². The van der Waals surface area contributed by atoms with E-state index in [0.29, 0.717) is 26.2 Å². The van der Waals surface area contributed by atoms with E-state index in [-0.39, 0.29) is 5.56 Å². The fourth-order valence-electron chi connectivity index (χ4n) is 2.57. The van der Waals surface area contributed by atoms with Gasteiger partial charge in [-0.3, -0.25) is 4.90 Å². The molecule has 0 aromatic heterocycles. The van der Waals surface area contributed by atoms with Crippen molar-refractivity contribution in [1.29, 1.82) is 0 Å². The van der Waals surface area contributed by atoms with Gasteiger partial charge >= 0.3 is 6.18 Å². The first-order valence-corrected chi connectivity index (χ1v) is 6.64. The zero-order valence-electron chi connectivity index (χ0n) is 11.3. The molecule has 1 aliphatic heterocycles. The van der Waals surface area contributed by atoms with Crippen LogP contribution < -0.4 is 5.32 Å². The van der Waals surface area contributed by atoms with Crippen molar-refractivity contribution in [3.05, 3.63) is 35.1 Å². The van der Waals surface area contributed by atoms with Gasteiger partial charge in [0.25, 0.3) is 0 Å². The van der Waals surface area contributed by atoms with Gasteiger partial charge in [-0.15, -0.1) is 0 Å². The van der Waals surface area contributed by atoms with Crippen LogP contribution in [0.5, 0.6) is 0 Å². The number of piperazine rings is 1. The molecule has 0 unspecified atom stereocenters. The summed E-state index contributed by atoms with van der Waals surface area (Å²) in [6.07, 6.45) is -5.33. The molecule has 1 atom stereocenters. The van der Waals surface area contributed by atoms with Crippen molar-refractivity contribution in [3.63, 3.8) is 0 Å². The van der Waals surface area contributed by atoms with E-state index >= 15 is 0 Å². The number of rotatable bonds is 3. The molecule has 112 valence electrons. The van der Waals surface area contributed by atoms with Crippen LogP contribution in [0, 0.1) is 12.7 Å². The summed E-state index contributed by atoms with van der Waals surface area (Å²) >= 11 is 0. The number of alkyl halides is 3. The average Bonchev–Trinajstić information content (AvgIpc) is 2.39. The summed E-state index contributed by atoms with van der Waals surface area (Å²) in [6, 6.07) is 3.39. The summed E-state index contributed by atoms with van der Waals surface area (Å²) in [5, 5.41) is 3.09. The van der Waals surface area contributed by atoms with Crippen molar-refractivity contribution in [3.8, 4) is 0 Å². The van der Waals surface area contributed by atoms with Gasteiger partial charge < -0.3 is 5.32 Å². The molecule has 1 aromatic carbocycles. The highest BCUT2D eigenvalue weighted by molar-refractivity contribution is 5.27. The van der Waals surface area contributed by atoms with Crippen LogP contribution >= 0.6 is 0 Å². The van der Waals surface area contributed by atoms with E-state index in [9.17, 15) is 17.6 Å².